The predicted octanol–water partition coefficient (Wildman–Crippen LogP) is 3.50. The molecule has 0 spiro atoms. The highest BCUT2D eigenvalue weighted by Gasteiger charge is 2.23. The van der Waals surface area contributed by atoms with Crippen molar-refractivity contribution in [1.82, 2.24) is 14.9 Å². The van der Waals surface area contributed by atoms with Gasteiger partial charge in [0.15, 0.2) is 0 Å². The molecule has 0 aliphatic carbocycles. The van der Waals surface area contributed by atoms with Gasteiger partial charge in [0.05, 0.1) is 22.3 Å². The standard InChI is InChI=1S/C19H19N5S/c20-10-15-4-3-8-21-19(15)22-11-14-7-9-24(12-14)13-18-23-16-5-1-2-6-17(16)25-18/h1-6,8,14H,7,9,11-13H2,(H,21,22)/t14-/m1/s1. The Balaban J connectivity index is 1.33. The van der Waals surface area contributed by atoms with Crippen molar-refractivity contribution in [3.05, 3.63) is 53.2 Å². The van der Waals surface area contributed by atoms with Gasteiger partial charge in [-0.3, -0.25) is 4.90 Å². The fourth-order valence-corrected chi connectivity index (χ4v) is 4.29. The van der Waals surface area contributed by atoms with Crippen LogP contribution in [0, 0.1) is 17.2 Å². The fraction of sp³-hybridized carbons (Fsp3) is 0.316. The van der Waals surface area contributed by atoms with Gasteiger partial charge in [0, 0.05) is 19.3 Å². The summed E-state index contributed by atoms with van der Waals surface area (Å²) in [6, 6.07) is 14.1. The summed E-state index contributed by atoms with van der Waals surface area (Å²) in [5.41, 5.74) is 1.70. The van der Waals surface area contributed by atoms with Crippen molar-refractivity contribution in [2.45, 2.75) is 13.0 Å². The van der Waals surface area contributed by atoms with Crippen molar-refractivity contribution in [3.8, 4) is 6.07 Å². The molecule has 3 heterocycles. The Morgan fingerprint density at radius 3 is 3.08 bits per heavy atom. The number of para-hydroxylation sites is 1. The maximum Gasteiger partial charge on any atom is 0.143 e. The van der Waals surface area contributed by atoms with Gasteiger partial charge >= 0.3 is 0 Å². The van der Waals surface area contributed by atoms with E-state index >= 15 is 0 Å². The number of nitrogens with zero attached hydrogens (tertiary/aromatic N) is 4. The molecule has 1 fully saturated rings. The molecular formula is C19H19N5S. The number of aromatic nitrogens is 2. The number of nitrogens with one attached hydrogen (secondary N) is 1. The number of nitriles is 1. The van der Waals surface area contributed by atoms with Crippen molar-refractivity contribution in [2.75, 3.05) is 25.0 Å². The zero-order chi connectivity index (χ0) is 17.1. The van der Waals surface area contributed by atoms with Crippen LogP contribution in [-0.4, -0.2) is 34.5 Å². The maximum absolute atomic E-state index is 9.13. The van der Waals surface area contributed by atoms with Crippen LogP contribution in [0.3, 0.4) is 0 Å². The summed E-state index contributed by atoms with van der Waals surface area (Å²) in [5.74, 6) is 1.26. The smallest absolute Gasteiger partial charge is 0.143 e. The van der Waals surface area contributed by atoms with Crippen LogP contribution in [0.15, 0.2) is 42.6 Å². The Morgan fingerprint density at radius 2 is 2.20 bits per heavy atom. The zero-order valence-electron chi connectivity index (χ0n) is 13.9. The monoisotopic (exact) mass is 349 g/mol. The molecule has 5 nitrogen and oxygen atoms in total. The van der Waals surface area contributed by atoms with Gasteiger partial charge < -0.3 is 5.32 Å². The average molecular weight is 349 g/mol. The molecule has 1 aliphatic heterocycles. The topological polar surface area (TPSA) is 64.8 Å². The number of benzene rings is 1. The molecule has 0 amide bonds. The Morgan fingerprint density at radius 1 is 1.28 bits per heavy atom. The Hall–Kier alpha value is -2.49. The summed E-state index contributed by atoms with van der Waals surface area (Å²) in [4.78, 5) is 11.5. The average Bonchev–Trinajstić information content (AvgIpc) is 3.26. The summed E-state index contributed by atoms with van der Waals surface area (Å²) < 4.78 is 1.26. The van der Waals surface area contributed by atoms with Gasteiger partial charge in [-0.05, 0) is 43.1 Å². The molecule has 3 aromatic rings. The van der Waals surface area contributed by atoms with Crippen LogP contribution in [0.2, 0.25) is 0 Å². The van der Waals surface area contributed by atoms with Crippen molar-refractivity contribution >= 4 is 27.4 Å². The summed E-state index contributed by atoms with van der Waals surface area (Å²) in [5, 5.41) is 13.7. The van der Waals surface area contributed by atoms with E-state index in [-0.39, 0.29) is 0 Å². The second-order valence-corrected chi connectivity index (χ2v) is 7.47. The van der Waals surface area contributed by atoms with Crippen LogP contribution >= 0.6 is 11.3 Å². The normalized spacial score (nSPS) is 17.6. The van der Waals surface area contributed by atoms with Gasteiger partial charge in [-0.1, -0.05) is 12.1 Å². The number of fused-ring (bicyclic) bond motifs is 1. The largest absolute Gasteiger partial charge is 0.369 e. The van der Waals surface area contributed by atoms with Crippen LogP contribution in [-0.2, 0) is 6.54 Å². The second kappa shape index (κ2) is 7.18. The van der Waals surface area contributed by atoms with E-state index in [4.69, 9.17) is 10.2 Å². The highest BCUT2D eigenvalue weighted by Crippen LogP contribution is 2.25. The highest BCUT2D eigenvalue weighted by molar-refractivity contribution is 7.18. The van der Waals surface area contributed by atoms with Crippen LogP contribution in [0.5, 0.6) is 0 Å². The predicted molar refractivity (Wildman–Crippen MR) is 100 cm³/mol. The number of thiazole rings is 1. The summed E-state index contributed by atoms with van der Waals surface area (Å²) in [6.45, 7) is 3.91. The molecule has 0 saturated carbocycles. The molecule has 6 heteroatoms. The molecule has 1 aliphatic rings. The third-order valence-electron chi connectivity index (χ3n) is 4.55. The first kappa shape index (κ1) is 16.0. The van der Waals surface area contributed by atoms with E-state index in [2.05, 4.69) is 39.5 Å². The quantitative estimate of drug-likeness (QED) is 0.764. The van der Waals surface area contributed by atoms with Crippen LogP contribution < -0.4 is 5.32 Å². The van der Waals surface area contributed by atoms with E-state index in [1.807, 2.05) is 6.07 Å². The van der Waals surface area contributed by atoms with E-state index in [9.17, 15) is 0 Å². The summed E-state index contributed by atoms with van der Waals surface area (Å²) >= 11 is 1.79. The van der Waals surface area contributed by atoms with E-state index in [0.29, 0.717) is 17.3 Å². The van der Waals surface area contributed by atoms with Crippen LogP contribution in [0.25, 0.3) is 10.2 Å². The number of anilines is 1. The Labute approximate surface area is 151 Å². The molecule has 126 valence electrons. The van der Waals surface area contributed by atoms with E-state index in [1.54, 1.807) is 29.7 Å². The first-order chi connectivity index (χ1) is 12.3. The van der Waals surface area contributed by atoms with E-state index in [0.717, 1.165) is 38.1 Å². The van der Waals surface area contributed by atoms with Gasteiger partial charge in [0.2, 0.25) is 0 Å². The molecule has 0 bridgehead atoms. The lowest BCUT2D eigenvalue weighted by atomic mass is 10.1. The SMILES string of the molecule is N#Cc1cccnc1NC[C@H]1CCN(Cc2nc3ccccc3s2)C1. The highest BCUT2D eigenvalue weighted by atomic mass is 32.1. The minimum absolute atomic E-state index is 0.572. The van der Waals surface area contributed by atoms with Crippen molar-refractivity contribution in [2.24, 2.45) is 5.92 Å². The number of hydrogen-bond donors (Lipinski definition) is 1. The van der Waals surface area contributed by atoms with Crippen molar-refractivity contribution in [3.63, 3.8) is 0 Å². The molecular weight excluding hydrogens is 330 g/mol. The van der Waals surface area contributed by atoms with Gasteiger partial charge in [-0.2, -0.15) is 5.26 Å². The molecule has 0 radical (unpaired) electrons. The lowest BCUT2D eigenvalue weighted by Crippen LogP contribution is -2.23. The van der Waals surface area contributed by atoms with Gasteiger partial charge in [-0.15, -0.1) is 11.3 Å². The second-order valence-electron chi connectivity index (χ2n) is 6.36. The number of likely N-dealkylation sites (tertiary alicyclic amines) is 1. The molecule has 2 aromatic heterocycles. The van der Waals surface area contributed by atoms with Crippen molar-refractivity contribution < 1.29 is 0 Å². The molecule has 1 N–H and O–H groups in total. The molecule has 1 atom stereocenters. The maximum atomic E-state index is 9.13. The van der Waals surface area contributed by atoms with Gasteiger partial charge in [-0.25, -0.2) is 9.97 Å². The molecule has 4 rings (SSSR count). The van der Waals surface area contributed by atoms with Gasteiger partial charge in [0.25, 0.3) is 0 Å². The minimum atomic E-state index is 0.572. The fourth-order valence-electron chi connectivity index (χ4n) is 3.28. The number of hydrogen-bond acceptors (Lipinski definition) is 6. The number of pyridine rings is 1. The molecule has 25 heavy (non-hydrogen) atoms. The summed E-state index contributed by atoms with van der Waals surface area (Å²) in [7, 11) is 0. The molecule has 1 aromatic carbocycles. The van der Waals surface area contributed by atoms with Crippen molar-refractivity contribution in [1.29, 1.82) is 5.26 Å². The lowest BCUT2D eigenvalue weighted by Gasteiger charge is -2.15. The van der Waals surface area contributed by atoms with E-state index in [1.165, 1.54) is 9.71 Å². The molecule has 0 unspecified atom stereocenters. The third-order valence-corrected chi connectivity index (χ3v) is 5.57. The third kappa shape index (κ3) is 3.63. The Bertz CT molecular complexity index is 880. The lowest BCUT2D eigenvalue weighted by molar-refractivity contribution is 0.318. The zero-order valence-corrected chi connectivity index (χ0v) is 14.7. The number of rotatable bonds is 5. The van der Waals surface area contributed by atoms with Crippen LogP contribution in [0.4, 0.5) is 5.82 Å². The minimum Gasteiger partial charge on any atom is -0.369 e. The first-order valence-electron chi connectivity index (χ1n) is 8.47. The van der Waals surface area contributed by atoms with Gasteiger partial charge in [0.1, 0.15) is 16.9 Å². The molecule has 1 saturated heterocycles. The van der Waals surface area contributed by atoms with E-state index < -0.39 is 0 Å². The first-order valence-corrected chi connectivity index (χ1v) is 9.29. The summed E-state index contributed by atoms with van der Waals surface area (Å²) in [6.07, 6.45) is 2.88. The Kier molecular flexibility index (Phi) is 4.59. The van der Waals surface area contributed by atoms with Crippen LogP contribution in [0.1, 0.15) is 17.0 Å².